The van der Waals surface area contributed by atoms with E-state index in [2.05, 4.69) is 42.3 Å². The molecule has 0 heterocycles. The molecule has 0 saturated heterocycles. The van der Waals surface area contributed by atoms with Gasteiger partial charge >= 0.3 is 8.56 Å². The van der Waals surface area contributed by atoms with Gasteiger partial charge in [-0.1, -0.05) is 36.9 Å². The van der Waals surface area contributed by atoms with E-state index < -0.39 is 8.56 Å². The lowest BCUT2D eigenvalue weighted by Gasteiger charge is -2.27. The van der Waals surface area contributed by atoms with Gasteiger partial charge in [-0.3, -0.25) is 0 Å². The van der Waals surface area contributed by atoms with E-state index in [4.69, 9.17) is 8.85 Å². The molecule has 0 aliphatic carbocycles. The molecule has 1 aromatic rings. The van der Waals surface area contributed by atoms with Crippen molar-refractivity contribution >= 4 is 8.56 Å². The Morgan fingerprint density at radius 1 is 1.14 bits per heavy atom. The van der Waals surface area contributed by atoms with Crippen LogP contribution in [0.25, 0.3) is 0 Å². The SMILES string of the molecule is C=CN(CCC[Si](C)(OCC)OCC)Cc1ccccc1. The quantitative estimate of drug-likeness (QED) is 0.573. The summed E-state index contributed by atoms with van der Waals surface area (Å²) in [5.41, 5.74) is 1.31. The topological polar surface area (TPSA) is 21.7 Å². The number of hydrogen-bond acceptors (Lipinski definition) is 3. The summed E-state index contributed by atoms with van der Waals surface area (Å²) in [6.07, 6.45) is 2.99. The molecule has 0 N–H and O–H groups in total. The van der Waals surface area contributed by atoms with Crippen molar-refractivity contribution < 1.29 is 8.85 Å². The van der Waals surface area contributed by atoms with Crippen LogP contribution in [0.15, 0.2) is 43.1 Å². The highest BCUT2D eigenvalue weighted by Gasteiger charge is 2.29. The highest BCUT2D eigenvalue weighted by Crippen LogP contribution is 2.17. The van der Waals surface area contributed by atoms with Crippen molar-refractivity contribution in [1.29, 1.82) is 0 Å². The van der Waals surface area contributed by atoms with Crippen LogP contribution >= 0.6 is 0 Å². The Kier molecular flexibility index (Phi) is 8.35. The lowest BCUT2D eigenvalue weighted by molar-refractivity contribution is 0.187. The third-order valence-electron chi connectivity index (χ3n) is 3.46. The van der Waals surface area contributed by atoms with Crippen molar-refractivity contribution in [3.8, 4) is 0 Å². The van der Waals surface area contributed by atoms with E-state index in [1.54, 1.807) is 0 Å². The van der Waals surface area contributed by atoms with Crippen molar-refractivity contribution in [2.24, 2.45) is 0 Å². The maximum atomic E-state index is 5.88. The second kappa shape index (κ2) is 9.76. The van der Waals surface area contributed by atoms with Crippen LogP contribution in [0.4, 0.5) is 0 Å². The standard InChI is InChI=1S/C17H29NO2Si/c1-5-18(16-17-12-9-8-10-13-17)14-11-15-21(4,19-6-2)20-7-3/h5,8-10,12-13H,1,6-7,11,14-16H2,2-4H3. The second-order valence-corrected chi connectivity index (χ2v) is 8.59. The molecule has 4 heteroatoms. The Labute approximate surface area is 130 Å². The molecule has 0 aliphatic heterocycles. The lowest BCUT2D eigenvalue weighted by Crippen LogP contribution is -2.39. The van der Waals surface area contributed by atoms with E-state index in [1.165, 1.54) is 5.56 Å². The van der Waals surface area contributed by atoms with Crippen LogP contribution < -0.4 is 0 Å². The predicted octanol–water partition coefficient (Wildman–Crippen LogP) is 4.17. The van der Waals surface area contributed by atoms with Gasteiger partial charge in [0.25, 0.3) is 0 Å². The molecule has 3 nitrogen and oxygen atoms in total. The van der Waals surface area contributed by atoms with Crippen molar-refractivity contribution in [1.82, 2.24) is 4.90 Å². The van der Waals surface area contributed by atoms with Crippen molar-refractivity contribution in [2.45, 2.75) is 39.4 Å². The van der Waals surface area contributed by atoms with Gasteiger partial charge in [-0.05, 0) is 44.6 Å². The molecular weight excluding hydrogens is 278 g/mol. The van der Waals surface area contributed by atoms with Gasteiger partial charge in [0.05, 0.1) is 0 Å². The monoisotopic (exact) mass is 307 g/mol. The number of nitrogens with zero attached hydrogens (tertiary/aromatic N) is 1. The molecule has 21 heavy (non-hydrogen) atoms. The molecule has 0 atom stereocenters. The highest BCUT2D eigenvalue weighted by molar-refractivity contribution is 6.66. The minimum absolute atomic E-state index is 0.734. The molecule has 0 saturated carbocycles. The summed E-state index contributed by atoms with van der Waals surface area (Å²) in [5.74, 6) is 0. The van der Waals surface area contributed by atoms with Crippen LogP contribution in [0, 0.1) is 0 Å². The van der Waals surface area contributed by atoms with Crippen LogP contribution in [0.3, 0.4) is 0 Å². The molecule has 118 valence electrons. The van der Waals surface area contributed by atoms with Gasteiger partial charge in [0, 0.05) is 26.3 Å². The Balaban J connectivity index is 2.42. The highest BCUT2D eigenvalue weighted by atomic mass is 28.4. The van der Waals surface area contributed by atoms with Gasteiger partial charge in [0.2, 0.25) is 0 Å². The first kappa shape index (κ1) is 17.9. The first-order chi connectivity index (χ1) is 10.1. The first-order valence-corrected chi connectivity index (χ1v) is 10.3. The number of benzene rings is 1. The summed E-state index contributed by atoms with van der Waals surface area (Å²) < 4.78 is 11.8. The number of rotatable bonds is 11. The average Bonchev–Trinajstić information content (AvgIpc) is 2.47. The van der Waals surface area contributed by atoms with Crippen LogP contribution in [-0.2, 0) is 15.4 Å². The zero-order chi connectivity index (χ0) is 15.6. The third kappa shape index (κ3) is 6.93. The molecule has 0 aliphatic rings. The van der Waals surface area contributed by atoms with E-state index in [1.807, 2.05) is 26.1 Å². The minimum atomic E-state index is -1.98. The Morgan fingerprint density at radius 2 is 1.76 bits per heavy atom. The Hall–Kier alpha value is -1.10. The average molecular weight is 308 g/mol. The van der Waals surface area contributed by atoms with E-state index in [0.717, 1.165) is 38.8 Å². The Morgan fingerprint density at radius 3 is 2.29 bits per heavy atom. The summed E-state index contributed by atoms with van der Waals surface area (Å²) in [6, 6.07) is 11.5. The first-order valence-electron chi connectivity index (χ1n) is 7.82. The van der Waals surface area contributed by atoms with Crippen molar-refractivity contribution in [3.05, 3.63) is 48.7 Å². The molecule has 0 amide bonds. The fourth-order valence-electron chi connectivity index (χ4n) is 2.45. The summed E-state index contributed by atoms with van der Waals surface area (Å²) >= 11 is 0. The summed E-state index contributed by atoms with van der Waals surface area (Å²) in [4.78, 5) is 2.25. The summed E-state index contributed by atoms with van der Waals surface area (Å²) in [6.45, 7) is 13.5. The molecule has 0 spiro atoms. The van der Waals surface area contributed by atoms with E-state index in [-0.39, 0.29) is 0 Å². The molecule has 1 rings (SSSR count). The van der Waals surface area contributed by atoms with Gasteiger partial charge in [0.15, 0.2) is 0 Å². The molecule has 0 radical (unpaired) electrons. The molecule has 1 aromatic carbocycles. The van der Waals surface area contributed by atoms with Gasteiger partial charge in [-0.15, -0.1) is 0 Å². The number of hydrogen-bond donors (Lipinski definition) is 0. The smallest absolute Gasteiger partial charge is 0.334 e. The van der Waals surface area contributed by atoms with Crippen molar-refractivity contribution in [2.75, 3.05) is 19.8 Å². The fraction of sp³-hybridized carbons (Fsp3) is 0.529. The van der Waals surface area contributed by atoms with Crippen LogP contribution in [0.2, 0.25) is 12.6 Å². The van der Waals surface area contributed by atoms with Gasteiger partial charge in [0.1, 0.15) is 0 Å². The molecular formula is C17H29NO2Si. The third-order valence-corrected chi connectivity index (χ3v) is 6.52. The molecule has 0 bridgehead atoms. The van der Waals surface area contributed by atoms with E-state index in [9.17, 15) is 0 Å². The van der Waals surface area contributed by atoms with Crippen LogP contribution in [0.1, 0.15) is 25.8 Å². The van der Waals surface area contributed by atoms with Gasteiger partial charge < -0.3 is 13.8 Å². The largest absolute Gasteiger partial charge is 0.395 e. The summed E-state index contributed by atoms with van der Waals surface area (Å²) in [5, 5.41) is 0. The minimum Gasteiger partial charge on any atom is -0.395 e. The van der Waals surface area contributed by atoms with E-state index >= 15 is 0 Å². The normalized spacial score (nSPS) is 11.4. The maximum Gasteiger partial charge on any atom is 0.334 e. The predicted molar refractivity (Wildman–Crippen MR) is 91.3 cm³/mol. The maximum absolute atomic E-state index is 5.88. The van der Waals surface area contributed by atoms with Gasteiger partial charge in [-0.25, -0.2) is 0 Å². The fourth-order valence-corrected chi connectivity index (χ4v) is 4.85. The molecule has 0 aromatic heterocycles. The van der Waals surface area contributed by atoms with E-state index in [0.29, 0.717) is 0 Å². The van der Waals surface area contributed by atoms with Crippen LogP contribution in [0.5, 0.6) is 0 Å². The molecule has 0 unspecified atom stereocenters. The van der Waals surface area contributed by atoms with Gasteiger partial charge in [-0.2, -0.15) is 0 Å². The zero-order valence-corrected chi connectivity index (χ0v) is 14.7. The lowest BCUT2D eigenvalue weighted by atomic mass is 10.2. The van der Waals surface area contributed by atoms with Crippen LogP contribution in [-0.4, -0.2) is 33.2 Å². The Bertz CT molecular complexity index is 391. The summed E-state index contributed by atoms with van der Waals surface area (Å²) in [7, 11) is -1.98. The van der Waals surface area contributed by atoms with Crippen molar-refractivity contribution in [3.63, 3.8) is 0 Å². The molecule has 0 fully saturated rings. The zero-order valence-electron chi connectivity index (χ0n) is 13.7. The second-order valence-electron chi connectivity index (χ2n) is 5.24.